The number of aromatic nitrogens is 3. The molecule has 0 spiro atoms. The lowest BCUT2D eigenvalue weighted by atomic mass is 10.4. The first-order valence-corrected chi connectivity index (χ1v) is 6.19. The number of anilines is 1. The number of aryl methyl sites for hydroxylation is 1. The maximum absolute atomic E-state index is 11.9. The molecule has 0 fully saturated rings. The minimum Gasteiger partial charge on any atom is -0.328 e. The summed E-state index contributed by atoms with van der Waals surface area (Å²) in [5.41, 5.74) is 0.319. The van der Waals surface area contributed by atoms with Crippen LogP contribution in [0, 0.1) is 6.92 Å². The zero-order valence-electron chi connectivity index (χ0n) is 8.89. The summed E-state index contributed by atoms with van der Waals surface area (Å²) in [6.07, 6.45) is 2.64. The molecule has 0 aliphatic rings. The number of nitrogens with zero attached hydrogens (tertiary/aromatic N) is 1. The summed E-state index contributed by atoms with van der Waals surface area (Å²) in [6.45, 7) is 1.72. The molecule has 90 valence electrons. The fraction of sp³-hybridized carbons (Fsp3) is 0.111. The Balaban J connectivity index is 2.35. The zero-order valence-corrected chi connectivity index (χ0v) is 9.71. The van der Waals surface area contributed by atoms with Crippen molar-refractivity contribution in [2.24, 2.45) is 0 Å². The highest BCUT2D eigenvalue weighted by molar-refractivity contribution is 7.92. The first-order chi connectivity index (χ1) is 7.99. The average molecular weight is 254 g/mol. The minimum absolute atomic E-state index is 0.0221. The van der Waals surface area contributed by atoms with Crippen LogP contribution in [0.25, 0.3) is 0 Å². The van der Waals surface area contributed by atoms with Crippen molar-refractivity contribution >= 4 is 15.8 Å². The third-order valence-corrected chi connectivity index (χ3v) is 3.48. The molecule has 2 rings (SSSR count). The molecule has 0 aliphatic carbocycles. The van der Waals surface area contributed by atoms with Crippen LogP contribution in [0.1, 0.15) is 5.56 Å². The van der Waals surface area contributed by atoms with Crippen LogP contribution in [0.2, 0.25) is 0 Å². The number of hydrogen-bond donors (Lipinski definition) is 3. The van der Waals surface area contributed by atoms with E-state index in [2.05, 4.69) is 19.9 Å². The molecule has 2 heterocycles. The van der Waals surface area contributed by atoms with E-state index in [1.807, 2.05) is 0 Å². The van der Waals surface area contributed by atoms with Gasteiger partial charge in [-0.15, -0.1) is 0 Å². The summed E-state index contributed by atoms with van der Waals surface area (Å²) in [4.78, 5) is 13.1. The van der Waals surface area contributed by atoms with Gasteiger partial charge in [-0.05, 0) is 13.0 Å². The van der Waals surface area contributed by atoms with Gasteiger partial charge in [-0.3, -0.25) is 14.6 Å². The molecule has 0 radical (unpaired) electrons. The van der Waals surface area contributed by atoms with Crippen molar-refractivity contribution in [1.82, 2.24) is 15.2 Å². The number of nitrogens with one attached hydrogen (secondary N) is 3. The van der Waals surface area contributed by atoms with Gasteiger partial charge in [0.15, 0.2) is 0 Å². The van der Waals surface area contributed by atoms with Crippen molar-refractivity contribution < 1.29 is 8.42 Å². The van der Waals surface area contributed by atoms with Crippen molar-refractivity contribution in [1.29, 1.82) is 0 Å². The molecule has 0 amide bonds. The smallest absolute Gasteiger partial charge is 0.264 e. The second kappa shape index (κ2) is 4.06. The number of sulfonamides is 1. The van der Waals surface area contributed by atoms with Crippen LogP contribution in [0.3, 0.4) is 0 Å². The first-order valence-electron chi connectivity index (χ1n) is 4.70. The average Bonchev–Trinajstić information content (AvgIpc) is 2.64. The van der Waals surface area contributed by atoms with Gasteiger partial charge in [0.2, 0.25) is 5.56 Å². The van der Waals surface area contributed by atoms with E-state index >= 15 is 0 Å². The fourth-order valence-corrected chi connectivity index (χ4v) is 2.26. The molecule has 2 aromatic heterocycles. The maximum atomic E-state index is 11.9. The summed E-state index contributed by atoms with van der Waals surface area (Å²) in [6, 6.07) is 2.38. The van der Waals surface area contributed by atoms with Crippen molar-refractivity contribution in [3.05, 3.63) is 40.4 Å². The SMILES string of the molecule is Cc1cn[nH]c1NS(=O)(=O)c1ccc(=O)[nH]c1. The van der Waals surface area contributed by atoms with E-state index in [0.717, 1.165) is 12.3 Å². The van der Waals surface area contributed by atoms with Crippen LogP contribution in [0.5, 0.6) is 0 Å². The Morgan fingerprint density at radius 1 is 1.35 bits per heavy atom. The lowest BCUT2D eigenvalue weighted by Crippen LogP contribution is -2.15. The summed E-state index contributed by atoms with van der Waals surface area (Å²) < 4.78 is 26.1. The minimum atomic E-state index is -3.71. The van der Waals surface area contributed by atoms with E-state index in [1.54, 1.807) is 6.92 Å². The first kappa shape index (κ1) is 11.4. The van der Waals surface area contributed by atoms with Crippen LogP contribution in [0.4, 0.5) is 5.82 Å². The molecular formula is C9H10N4O3S. The lowest BCUT2D eigenvalue weighted by Gasteiger charge is -2.05. The molecule has 0 unspecified atom stereocenters. The van der Waals surface area contributed by atoms with Gasteiger partial charge in [-0.25, -0.2) is 8.42 Å². The Bertz CT molecular complexity index is 666. The Hall–Kier alpha value is -2.09. The highest BCUT2D eigenvalue weighted by atomic mass is 32.2. The predicted molar refractivity (Wildman–Crippen MR) is 61.2 cm³/mol. The molecule has 2 aromatic rings. The topological polar surface area (TPSA) is 108 Å². The van der Waals surface area contributed by atoms with Gasteiger partial charge in [0.05, 0.1) is 6.20 Å². The molecule has 0 aliphatic heterocycles. The van der Waals surface area contributed by atoms with Gasteiger partial charge in [0.25, 0.3) is 10.0 Å². The molecule has 17 heavy (non-hydrogen) atoms. The second-order valence-electron chi connectivity index (χ2n) is 3.42. The number of H-pyrrole nitrogens is 2. The van der Waals surface area contributed by atoms with E-state index < -0.39 is 10.0 Å². The maximum Gasteiger partial charge on any atom is 0.264 e. The molecule has 7 nitrogen and oxygen atoms in total. The summed E-state index contributed by atoms with van der Waals surface area (Å²) >= 11 is 0. The predicted octanol–water partition coefficient (Wildman–Crippen LogP) is 0.207. The van der Waals surface area contributed by atoms with Crippen LogP contribution in [-0.2, 0) is 10.0 Å². The highest BCUT2D eigenvalue weighted by Gasteiger charge is 2.15. The lowest BCUT2D eigenvalue weighted by molar-refractivity contribution is 0.600. The quantitative estimate of drug-likeness (QED) is 0.727. The number of pyridine rings is 1. The molecule has 3 N–H and O–H groups in total. The van der Waals surface area contributed by atoms with E-state index in [4.69, 9.17) is 0 Å². The van der Waals surface area contributed by atoms with E-state index in [0.29, 0.717) is 11.4 Å². The molecule has 0 atom stereocenters. The van der Waals surface area contributed by atoms with Crippen LogP contribution >= 0.6 is 0 Å². The molecule has 0 bridgehead atoms. The Kier molecular flexibility index (Phi) is 2.72. The van der Waals surface area contributed by atoms with E-state index in [9.17, 15) is 13.2 Å². The van der Waals surface area contributed by atoms with Gasteiger partial charge in [0, 0.05) is 17.8 Å². The Morgan fingerprint density at radius 3 is 2.65 bits per heavy atom. The normalized spacial score (nSPS) is 11.4. The standard InChI is InChI=1S/C9H10N4O3S/c1-6-4-11-12-9(6)13-17(15,16)7-2-3-8(14)10-5-7/h2-5H,1H3,(H,10,14)(H2,11,12,13). The van der Waals surface area contributed by atoms with Crippen LogP contribution < -0.4 is 10.3 Å². The molecule has 0 saturated carbocycles. The fourth-order valence-electron chi connectivity index (χ4n) is 1.21. The van der Waals surface area contributed by atoms with Crippen LogP contribution in [-0.4, -0.2) is 23.6 Å². The van der Waals surface area contributed by atoms with E-state index in [1.165, 1.54) is 12.3 Å². The number of rotatable bonds is 3. The highest BCUT2D eigenvalue weighted by Crippen LogP contribution is 2.14. The summed E-state index contributed by atoms with van der Waals surface area (Å²) in [5.74, 6) is 0.302. The van der Waals surface area contributed by atoms with Gasteiger partial charge < -0.3 is 4.98 Å². The zero-order chi connectivity index (χ0) is 12.5. The molecule has 0 saturated heterocycles. The molecule has 8 heteroatoms. The van der Waals surface area contributed by atoms with Gasteiger partial charge in [-0.2, -0.15) is 5.10 Å². The van der Waals surface area contributed by atoms with Gasteiger partial charge in [-0.1, -0.05) is 0 Å². The number of aromatic amines is 2. The van der Waals surface area contributed by atoms with Crippen molar-refractivity contribution in [2.75, 3.05) is 4.72 Å². The summed E-state index contributed by atoms with van der Waals surface area (Å²) in [5, 5.41) is 6.23. The third-order valence-electron chi connectivity index (χ3n) is 2.13. The van der Waals surface area contributed by atoms with Crippen molar-refractivity contribution in [3.8, 4) is 0 Å². The van der Waals surface area contributed by atoms with Gasteiger partial charge in [0.1, 0.15) is 10.7 Å². The third kappa shape index (κ3) is 2.36. The molecule has 0 aromatic carbocycles. The van der Waals surface area contributed by atoms with Crippen LogP contribution in [0.15, 0.2) is 34.2 Å². The monoisotopic (exact) mass is 254 g/mol. The van der Waals surface area contributed by atoms with Gasteiger partial charge >= 0.3 is 0 Å². The molecular weight excluding hydrogens is 244 g/mol. The Morgan fingerprint density at radius 2 is 2.12 bits per heavy atom. The van der Waals surface area contributed by atoms with Crippen molar-refractivity contribution in [3.63, 3.8) is 0 Å². The van der Waals surface area contributed by atoms with Crippen molar-refractivity contribution in [2.45, 2.75) is 11.8 Å². The summed E-state index contributed by atoms with van der Waals surface area (Å²) in [7, 11) is -3.71. The van der Waals surface area contributed by atoms with E-state index in [-0.39, 0.29) is 10.5 Å². The number of hydrogen-bond acceptors (Lipinski definition) is 4. The second-order valence-corrected chi connectivity index (χ2v) is 5.10. The Labute approximate surface area is 96.9 Å². The largest absolute Gasteiger partial charge is 0.328 e.